The molecule has 0 aromatic carbocycles. The third-order valence-corrected chi connectivity index (χ3v) is 2.99. The van der Waals surface area contributed by atoms with Crippen LogP contribution >= 0.6 is 0 Å². The van der Waals surface area contributed by atoms with Gasteiger partial charge in [-0.3, -0.25) is 9.69 Å². The van der Waals surface area contributed by atoms with Crippen molar-refractivity contribution in [1.82, 2.24) is 15.5 Å². The Morgan fingerprint density at radius 2 is 1.67 bits per heavy atom. The summed E-state index contributed by atoms with van der Waals surface area (Å²) in [5.74, 6) is -2.08. The van der Waals surface area contributed by atoms with Crippen LogP contribution in [0, 0.1) is 0 Å². The summed E-state index contributed by atoms with van der Waals surface area (Å²) in [7, 11) is 0. The monoisotopic (exact) mass is 302 g/mol. The fraction of sp³-hybridized carbons (Fsp3) is 0.769. The highest BCUT2D eigenvalue weighted by Crippen LogP contribution is 2.03. The van der Waals surface area contributed by atoms with E-state index in [4.69, 9.17) is 10.8 Å². The maximum atomic E-state index is 11.6. The second kappa shape index (κ2) is 9.17. The molecule has 0 saturated carbocycles. The molecule has 0 radical (unpaired) electrons. The molecule has 0 heterocycles. The van der Waals surface area contributed by atoms with E-state index in [-0.39, 0.29) is 0 Å². The van der Waals surface area contributed by atoms with Crippen molar-refractivity contribution in [3.8, 4) is 0 Å². The number of hydrogen-bond donors (Lipinski definition) is 4. The molecule has 5 N–H and O–H groups in total. The van der Waals surface area contributed by atoms with Gasteiger partial charge in [-0.2, -0.15) is 0 Å². The molecule has 122 valence electrons. The third-order valence-electron chi connectivity index (χ3n) is 2.99. The van der Waals surface area contributed by atoms with Crippen LogP contribution in [0.15, 0.2) is 0 Å². The number of nitrogens with zero attached hydrogens (tertiary/aromatic N) is 1. The summed E-state index contributed by atoms with van der Waals surface area (Å²) in [5, 5.41) is 13.7. The van der Waals surface area contributed by atoms with Gasteiger partial charge in [0.2, 0.25) is 5.91 Å². The van der Waals surface area contributed by atoms with Gasteiger partial charge in [-0.1, -0.05) is 0 Å². The number of aliphatic carboxylic acids is 1. The smallest absolute Gasteiger partial charge is 0.326 e. The van der Waals surface area contributed by atoms with Gasteiger partial charge in [0.1, 0.15) is 6.04 Å². The fourth-order valence-corrected chi connectivity index (χ4v) is 2.02. The van der Waals surface area contributed by atoms with Gasteiger partial charge in [0, 0.05) is 25.2 Å². The zero-order valence-electron chi connectivity index (χ0n) is 13.0. The molecule has 21 heavy (non-hydrogen) atoms. The molecule has 0 aliphatic carbocycles. The van der Waals surface area contributed by atoms with Gasteiger partial charge >= 0.3 is 12.0 Å². The van der Waals surface area contributed by atoms with Crippen molar-refractivity contribution < 1.29 is 19.5 Å². The van der Waals surface area contributed by atoms with E-state index in [1.54, 1.807) is 0 Å². The molecule has 0 aliphatic rings. The number of carbonyl (C=O) groups excluding carboxylic acids is 2. The summed E-state index contributed by atoms with van der Waals surface area (Å²) in [6, 6.07) is -1.25. The molecule has 3 amide bonds. The number of amides is 3. The Hall–Kier alpha value is -1.83. The molecule has 0 rings (SSSR count). The largest absolute Gasteiger partial charge is 0.480 e. The minimum Gasteiger partial charge on any atom is -0.480 e. The van der Waals surface area contributed by atoms with Crippen LogP contribution in [0.4, 0.5) is 4.79 Å². The topological polar surface area (TPSA) is 125 Å². The van der Waals surface area contributed by atoms with E-state index in [9.17, 15) is 14.4 Å². The van der Waals surface area contributed by atoms with Crippen molar-refractivity contribution in [3.05, 3.63) is 0 Å². The number of hydrogen-bond acceptors (Lipinski definition) is 4. The van der Waals surface area contributed by atoms with Crippen LogP contribution < -0.4 is 16.4 Å². The molecule has 0 aromatic rings. The van der Waals surface area contributed by atoms with Gasteiger partial charge in [0.25, 0.3) is 0 Å². The van der Waals surface area contributed by atoms with Crippen LogP contribution in [-0.2, 0) is 9.59 Å². The van der Waals surface area contributed by atoms with Gasteiger partial charge < -0.3 is 21.5 Å². The molecular weight excluding hydrogens is 276 g/mol. The van der Waals surface area contributed by atoms with Crippen LogP contribution in [0.1, 0.15) is 34.1 Å². The summed E-state index contributed by atoms with van der Waals surface area (Å²) >= 11 is 0. The second-order valence-corrected chi connectivity index (χ2v) is 5.39. The summed E-state index contributed by atoms with van der Waals surface area (Å²) in [5.41, 5.74) is 4.93. The molecule has 0 saturated heterocycles. The average molecular weight is 302 g/mol. The van der Waals surface area contributed by atoms with Crippen molar-refractivity contribution in [2.45, 2.75) is 52.2 Å². The van der Waals surface area contributed by atoms with Crippen molar-refractivity contribution >= 4 is 17.9 Å². The van der Waals surface area contributed by atoms with Gasteiger partial charge in [0.05, 0.1) is 6.42 Å². The maximum absolute atomic E-state index is 11.6. The van der Waals surface area contributed by atoms with Crippen LogP contribution in [0.5, 0.6) is 0 Å². The van der Waals surface area contributed by atoms with E-state index in [0.717, 1.165) is 0 Å². The van der Waals surface area contributed by atoms with Crippen molar-refractivity contribution in [2.24, 2.45) is 5.73 Å². The first-order valence-electron chi connectivity index (χ1n) is 6.96. The van der Waals surface area contributed by atoms with Crippen molar-refractivity contribution in [2.75, 3.05) is 13.1 Å². The summed E-state index contributed by atoms with van der Waals surface area (Å²) in [4.78, 5) is 35.4. The Morgan fingerprint density at radius 3 is 2.05 bits per heavy atom. The highest BCUT2D eigenvalue weighted by atomic mass is 16.4. The number of nitrogens with two attached hydrogens (primary N) is 1. The molecule has 8 heteroatoms. The molecule has 0 spiro atoms. The first-order chi connectivity index (χ1) is 9.65. The minimum absolute atomic E-state index is 0.344. The van der Waals surface area contributed by atoms with E-state index in [1.807, 2.05) is 0 Å². The Bertz CT molecular complexity index is 363. The molecule has 0 bridgehead atoms. The first kappa shape index (κ1) is 19.2. The average Bonchev–Trinajstić information content (AvgIpc) is 2.32. The van der Waals surface area contributed by atoms with Crippen molar-refractivity contribution in [1.29, 1.82) is 0 Å². The highest BCUT2D eigenvalue weighted by Gasteiger charge is 2.22. The first-order valence-corrected chi connectivity index (χ1v) is 6.96. The fourth-order valence-electron chi connectivity index (χ4n) is 2.02. The normalized spacial score (nSPS) is 12.5. The van der Waals surface area contributed by atoms with E-state index in [1.165, 1.54) is 0 Å². The lowest BCUT2D eigenvalue weighted by atomic mass is 10.2. The predicted molar refractivity (Wildman–Crippen MR) is 78.7 cm³/mol. The van der Waals surface area contributed by atoms with Gasteiger partial charge in [-0.15, -0.1) is 0 Å². The number of primary amides is 1. The number of nitrogens with one attached hydrogen (secondary N) is 2. The highest BCUT2D eigenvalue weighted by molar-refractivity contribution is 5.87. The molecule has 0 fully saturated rings. The Morgan fingerprint density at radius 1 is 1.14 bits per heavy atom. The standard InChI is InChI=1S/C13H26N4O4/c1-8(2)17(9(3)4)6-5-15-13(21)16-10(12(19)20)7-11(14)18/h8-10H,5-7H2,1-4H3,(H2,14,18)(H,19,20)(H2,15,16,21). The van der Waals surface area contributed by atoms with Gasteiger partial charge in [-0.25, -0.2) is 9.59 Å². The van der Waals surface area contributed by atoms with Crippen LogP contribution in [-0.4, -0.2) is 59.1 Å². The van der Waals surface area contributed by atoms with Crippen LogP contribution in [0.2, 0.25) is 0 Å². The number of rotatable bonds is 9. The van der Waals surface area contributed by atoms with Crippen LogP contribution in [0.3, 0.4) is 0 Å². The number of carbonyl (C=O) groups is 3. The molecule has 8 nitrogen and oxygen atoms in total. The zero-order chi connectivity index (χ0) is 16.6. The molecule has 1 atom stereocenters. The summed E-state index contributed by atoms with van der Waals surface area (Å²) in [6.07, 6.45) is -0.438. The number of urea groups is 1. The SMILES string of the molecule is CC(C)N(CCNC(=O)NC(CC(N)=O)C(=O)O)C(C)C. The summed E-state index contributed by atoms with van der Waals surface area (Å²) in [6.45, 7) is 9.28. The molecule has 0 aliphatic heterocycles. The van der Waals surface area contributed by atoms with E-state index >= 15 is 0 Å². The zero-order valence-corrected chi connectivity index (χ0v) is 13.0. The second-order valence-electron chi connectivity index (χ2n) is 5.39. The lowest BCUT2D eigenvalue weighted by Gasteiger charge is -2.30. The molecule has 1 unspecified atom stereocenters. The number of carboxylic acids is 1. The molecular formula is C13H26N4O4. The predicted octanol–water partition coefficient (Wildman–Crippen LogP) is -0.267. The maximum Gasteiger partial charge on any atom is 0.326 e. The minimum atomic E-state index is -1.31. The summed E-state index contributed by atoms with van der Waals surface area (Å²) < 4.78 is 0. The van der Waals surface area contributed by atoms with E-state index in [0.29, 0.717) is 25.2 Å². The lowest BCUT2D eigenvalue weighted by molar-refractivity contribution is -0.140. The third kappa shape index (κ3) is 8.13. The quantitative estimate of drug-likeness (QED) is 0.467. The number of carboxylic acid groups (broad SMARTS) is 1. The van der Waals surface area contributed by atoms with Crippen molar-refractivity contribution in [3.63, 3.8) is 0 Å². The Balaban J connectivity index is 4.24. The lowest BCUT2D eigenvalue weighted by Crippen LogP contribution is -2.49. The van der Waals surface area contributed by atoms with Gasteiger partial charge in [0.15, 0.2) is 0 Å². The van der Waals surface area contributed by atoms with Crippen LogP contribution in [0.25, 0.3) is 0 Å². The van der Waals surface area contributed by atoms with E-state index < -0.39 is 30.4 Å². The van der Waals surface area contributed by atoms with Gasteiger partial charge in [-0.05, 0) is 27.7 Å². The molecule has 0 aromatic heterocycles. The Labute approximate surface area is 125 Å². The Kier molecular flexibility index (Phi) is 8.37. The van der Waals surface area contributed by atoms with E-state index in [2.05, 4.69) is 43.2 Å².